The average Bonchev–Trinajstić information content (AvgIpc) is 2.47. The molecule has 1 saturated carbocycles. The first-order valence-electron chi connectivity index (χ1n) is 7.24. The fourth-order valence-electron chi connectivity index (χ4n) is 2.72. The topological polar surface area (TPSA) is 65.3 Å². The van der Waals surface area contributed by atoms with Gasteiger partial charge in [0.1, 0.15) is 11.8 Å². The highest BCUT2D eigenvalue weighted by Crippen LogP contribution is 2.27. The van der Waals surface area contributed by atoms with Crippen molar-refractivity contribution in [3.05, 3.63) is 29.8 Å². The van der Waals surface area contributed by atoms with E-state index in [-0.39, 0.29) is 6.61 Å². The van der Waals surface area contributed by atoms with E-state index in [0.717, 1.165) is 37.0 Å². The quantitative estimate of drug-likeness (QED) is 0.836. The molecule has 0 amide bonds. The molecule has 4 nitrogen and oxygen atoms in total. The lowest BCUT2D eigenvalue weighted by Gasteiger charge is -2.32. The van der Waals surface area contributed by atoms with E-state index >= 15 is 0 Å². The summed E-state index contributed by atoms with van der Waals surface area (Å²) in [7, 11) is 0. The molecular formula is C16H22N2O2. The van der Waals surface area contributed by atoms with Crippen molar-refractivity contribution in [2.45, 2.75) is 44.2 Å². The van der Waals surface area contributed by atoms with Gasteiger partial charge in [-0.3, -0.25) is 0 Å². The first-order valence-corrected chi connectivity index (χ1v) is 7.24. The zero-order valence-electron chi connectivity index (χ0n) is 11.8. The van der Waals surface area contributed by atoms with Crippen molar-refractivity contribution in [3.8, 4) is 11.8 Å². The van der Waals surface area contributed by atoms with Gasteiger partial charge in [-0.1, -0.05) is 37.5 Å². The normalized spacial score (nSPS) is 17.4. The Morgan fingerprint density at radius 3 is 2.75 bits per heavy atom. The Balaban J connectivity index is 1.86. The molecule has 0 spiro atoms. The van der Waals surface area contributed by atoms with Crippen molar-refractivity contribution in [2.24, 2.45) is 0 Å². The second-order valence-electron chi connectivity index (χ2n) is 5.44. The minimum Gasteiger partial charge on any atom is -0.478 e. The summed E-state index contributed by atoms with van der Waals surface area (Å²) in [6.07, 6.45) is 5.21. The van der Waals surface area contributed by atoms with Crippen LogP contribution in [0, 0.1) is 11.3 Å². The van der Waals surface area contributed by atoms with E-state index in [1.165, 1.54) is 6.42 Å². The number of aliphatic hydroxyl groups is 1. The Morgan fingerprint density at radius 2 is 2.00 bits per heavy atom. The van der Waals surface area contributed by atoms with Crippen LogP contribution >= 0.6 is 0 Å². The van der Waals surface area contributed by atoms with E-state index in [1.54, 1.807) is 0 Å². The maximum atomic E-state index is 10.4. The Bertz CT molecular complexity index is 462. The second-order valence-corrected chi connectivity index (χ2v) is 5.44. The minimum absolute atomic E-state index is 0.0565. The van der Waals surface area contributed by atoms with Crippen LogP contribution in [0.25, 0.3) is 0 Å². The van der Waals surface area contributed by atoms with Crippen LogP contribution in [-0.2, 0) is 6.54 Å². The standard InChI is InChI=1S/C16H22N2O2/c17-10-11-20-15-7-3-2-6-14(15)12-18-13-16(19)8-4-1-5-9-16/h2-3,6-7,18-19H,1,4-5,8-9,11-13H2. The van der Waals surface area contributed by atoms with E-state index in [0.29, 0.717) is 13.1 Å². The van der Waals surface area contributed by atoms with Crippen LogP contribution in [0.15, 0.2) is 24.3 Å². The van der Waals surface area contributed by atoms with Crippen LogP contribution in [0.2, 0.25) is 0 Å². The number of rotatable bonds is 6. The van der Waals surface area contributed by atoms with Gasteiger partial charge >= 0.3 is 0 Å². The fraction of sp³-hybridized carbons (Fsp3) is 0.562. The molecule has 0 radical (unpaired) electrons. The van der Waals surface area contributed by atoms with Crippen molar-refractivity contribution < 1.29 is 9.84 Å². The number of nitrogens with one attached hydrogen (secondary N) is 1. The lowest BCUT2D eigenvalue weighted by Crippen LogP contribution is -2.41. The summed E-state index contributed by atoms with van der Waals surface area (Å²) in [5.74, 6) is 0.734. The molecule has 0 aliphatic heterocycles. The van der Waals surface area contributed by atoms with Crippen LogP contribution in [0.3, 0.4) is 0 Å². The molecule has 0 unspecified atom stereocenters. The molecule has 0 atom stereocenters. The number of ether oxygens (including phenoxy) is 1. The van der Waals surface area contributed by atoms with E-state index in [1.807, 2.05) is 30.3 Å². The molecule has 1 fully saturated rings. The van der Waals surface area contributed by atoms with Gasteiger partial charge in [-0.05, 0) is 18.9 Å². The third kappa shape index (κ3) is 4.22. The highest BCUT2D eigenvalue weighted by atomic mass is 16.5. The number of hydrogen-bond donors (Lipinski definition) is 2. The summed E-state index contributed by atoms with van der Waals surface area (Å²) in [5, 5.41) is 22.3. The van der Waals surface area contributed by atoms with Gasteiger partial charge < -0.3 is 15.2 Å². The molecule has 0 aromatic heterocycles. The average molecular weight is 274 g/mol. The van der Waals surface area contributed by atoms with Gasteiger partial charge in [-0.2, -0.15) is 5.26 Å². The minimum atomic E-state index is -0.555. The summed E-state index contributed by atoms with van der Waals surface area (Å²) in [6, 6.07) is 9.66. The van der Waals surface area contributed by atoms with E-state index in [4.69, 9.17) is 10.00 Å². The maximum absolute atomic E-state index is 10.4. The van der Waals surface area contributed by atoms with Crippen LogP contribution in [0.1, 0.15) is 37.7 Å². The molecule has 1 aliphatic carbocycles. The lowest BCUT2D eigenvalue weighted by molar-refractivity contribution is 0.00463. The summed E-state index contributed by atoms with van der Waals surface area (Å²) < 4.78 is 5.39. The number of para-hydroxylation sites is 1. The number of hydrogen-bond acceptors (Lipinski definition) is 4. The van der Waals surface area contributed by atoms with Gasteiger partial charge in [-0.15, -0.1) is 0 Å². The first kappa shape index (κ1) is 14.8. The molecule has 2 rings (SSSR count). The molecule has 0 saturated heterocycles. The van der Waals surface area contributed by atoms with Gasteiger partial charge in [0.2, 0.25) is 0 Å². The van der Waals surface area contributed by atoms with Crippen molar-refractivity contribution >= 4 is 0 Å². The van der Waals surface area contributed by atoms with Crippen LogP contribution in [0.5, 0.6) is 5.75 Å². The number of nitriles is 1. The summed E-state index contributed by atoms with van der Waals surface area (Å²) in [6.45, 7) is 1.31. The van der Waals surface area contributed by atoms with E-state index in [9.17, 15) is 5.11 Å². The predicted molar refractivity (Wildman–Crippen MR) is 77.3 cm³/mol. The van der Waals surface area contributed by atoms with Gasteiger partial charge in [0.05, 0.1) is 5.60 Å². The highest BCUT2D eigenvalue weighted by molar-refractivity contribution is 5.33. The SMILES string of the molecule is N#CCOc1ccccc1CNCC1(O)CCCCC1. The summed E-state index contributed by atoms with van der Waals surface area (Å²) in [4.78, 5) is 0. The summed E-state index contributed by atoms with van der Waals surface area (Å²) >= 11 is 0. The molecule has 0 bridgehead atoms. The zero-order valence-corrected chi connectivity index (χ0v) is 11.8. The molecule has 0 heterocycles. The Morgan fingerprint density at radius 1 is 1.25 bits per heavy atom. The van der Waals surface area contributed by atoms with Crippen LogP contribution < -0.4 is 10.1 Å². The maximum Gasteiger partial charge on any atom is 0.174 e. The number of nitrogens with zero attached hydrogens (tertiary/aromatic N) is 1. The smallest absolute Gasteiger partial charge is 0.174 e. The third-order valence-electron chi connectivity index (χ3n) is 3.82. The molecule has 108 valence electrons. The van der Waals surface area contributed by atoms with Gasteiger partial charge in [0, 0.05) is 18.7 Å². The fourth-order valence-corrected chi connectivity index (χ4v) is 2.72. The molecule has 1 aliphatic rings. The van der Waals surface area contributed by atoms with Crippen molar-refractivity contribution in [2.75, 3.05) is 13.2 Å². The Labute approximate surface area is 120 Å². The summed E-state index contributed by atoms with van der Waals surface area (Å²) in [5.41, 5.74) is 0.461. The van der Waals surface area contributed by atoms with E-state index in [2.05, 4.69) is 5.32 Å². The van der Waals surface area contributed by atoms with Crippen molar-refractivity contribution in [1.29, 1.82) is 5.26 Å². The zero-order chi connectivity index (χ0) is 14.3. The highest BCUT2D eigenvalue weighted by Gasteiger charge is 2.28. The largest absolute Gasteiger partial charge is 0.478 e. The molecule has 20 heavy (non-hydrogen) atoms. The lowest BCUT2D eigenvalue weighted by atomic mass is 9.85. The Kier molecular flexibility index (Phi) is 5.40. The molecule has 1 aromatic rings. The van der Waals surface area contributed by atoms with Gasteiger partial charge in [0.15, 0.2) is 6.61 Å². The predicted octanol–water partition coefficient (Wildman–Crippen LogP) is 2.37. The van der Waals surface area contributed by atoms with E-state index < -0.39 is 5.60 Å². The molecule has 4 heteroatoms. The molecular weight excluding hydrogens is 252 g/mol. The van der Waals surface area contributed by atoms with Gasteiger partial charge in [0.25, 0.3) is 0 Å². The third-order valence-corrected chi connectivity index (χ3v) is 3.82. The van der Waals surface area contributed by atoms with Crippen LogP contribution in [0.4, 0.5) is 0 Å². The molecule has 2 N–H and O–H groups in total. The second kappa shape index (κ2) is 7.28. The van der Waals surface area contributed by atoms with Crippen molar-refractivity contribution in [3.63, 3.8) is 0 Å². The van der Waals surface area contributed by atoms with Crippen LogP contribution in [-0.4, -0.2) is 23.9 Å². The Hall–Kier alpha value is -1.57. The monoisotopic (exact) mass is 274 g/mol. The van der Waals surface area contributed by atoms with Crippen molar-refractivity contribution in [1.82, 2.24) is 5.32 Å². The molecule has 1 aromatic carbocycles. The first-order chi connectivity index (χ1) is 9.73. The van der Waals surface area contributed by atoms with Gasteiger partial charge in [-0.25, -0.2) is 0 Å². The number of benzene rings is 1.